The first-order valence-corrected chi connectivity index (χ1v) is 11.0. The predicted molar refractivity (Wildman–Crippen MR) is 113 cm³/mol. The van der Waals surface area contributed by atoms with E-state index >= 15 is 0 Å². The number of pyridine rings is 2. The van der Waals surface area contributed by atoms with Crippen molar-refractivity contribution in [3.63, 3.8) is 0 Å². The maximum Gasteiger partial charge on any atom is 0.315 e. The molecule has 0 unspecified atom stereocenters. The highest BCUT2D eigenvalue weighted by Gasteiger charge is 2.20. The minimum atomic E-state index is -0.249. The zero-order chi connectivity index (χ0) is 20.6. The van der Waals surface area contributed by atoms with E-state index in [1.54, 1.807) is 12.4 Å². The number of hydrogen-bond acceptors (Lipinski definition) is 5. The third kappa shape index (κ3) is 5.62. The van der Waals surface area contributed by atoms with Gasteiger partial charge in [0, 0.05) is 36.6 Å². The van der Waals surface area contributed by atoms with Crippen LogP contribution in [0, 0.1) is 0 Å². The minimum absolute atomic E-state index is 0.233. The van der Waals surface area contributed by atoms with Gasteiger partial charge in [0.1, 0.15) is 12.2 Å². The fourth-order valence-corrected chi connectivity index (χ4v) is 4.07. The standard InChI is InChI=1S/C23H30N4O3/c28-23(26-15-17-7-5-13-24-21(17)29-19-9-1-2-10-19)27-16-18-8-6-14-25-22(18)30-20-11-3-4-12-20/h5-8,13-14,19-20H,1-4,9-12,15-16H2,(H2,26,27,28). The van der Waals surface area contributed by atoms with E-state index in [2.05, 4.69) is 20.6 Å². The summed E-state index contributed by atoms with van der Waals surface area (Å²) >= 11 is 0. The van der Waals surface area contributed by atoms with Gasteiger partial charge in [-0.25, -0.2) is 14.8 Å². The number of nitrogens with one attached hydrogen (secondary N) is 2. The topological polar surface area (TPSA) is 85.4 Å². The smallest absolute Gasteiger partial charge is 0.315 e. The molecule has 0 aromatic carbocycles. The molecule has 2 aliphatic carbocycles. The first-order valence-electron chi connectivity index (χ1n) is 11.0. The first kappa shape index (κ1) is 20.4. The van der Waals surface area contributed by atoms with Gasteiger partial charge in [0.05, 0.1) is 0 Å². The Morgan fingerprint density at radius 3 is 1.67 bits per heavy atom. The van der Waals surface area contributed by atoms with E-state index < -0.39 is 0 Å². The van der Waals surface area contributed by atoms with Crippen molar-refractivity contribution in [2.45, 2.75) is 76.7 Å². The van der Waals surface area contributed by atoms with Gasteiger partial charge in [-0.15, -0.1) is 0 Å². The molecule has 2 aromatic rings. The quantitative estimate of drug-likeness (QED) is 0.684. The second-order valence-corrected chi connectivity index (χ2v) is 8.02. The van der Waals surface area contributed by atoms with Crippen LogP contribution in [-0.2, 0) is 13.1 Å². The van der Waals surface area contributed by atoms with Crippen molar-refractivity contribution >= 4 is 6.03 Å². The van der Waals surface area contributed by atoms with Gasteiger partial charge in [-0.3, -0.25) is 0 Å². The Bertz CT molecular complexity index is 765. The number of aromatic nitrogens is 2. The molecule has 0 radical (unpaired) electrons. The van der Waals surface area contributed by atoms with Crippen LogP contribution in [0.5, 0.6) is 11.8 Å². The summed E-state index contributed by atoms with van der Waals surface area (Å²) in [6.45, 7) is 0.723. The van der Waals surface area contributed by atoms with Crippen LogP contribution in [0.4, 0.5) is 4.79 Å². The number of amides is 2. The monoisotopic (exact) mass is 410 g/mol. The summed E-state index contributed by atoms with van der Waals surface area (Å²) in [4.78, 5) is 21.1. The molecule has 4 rings (SSSR count). The lowest BCUT2D eigenvalue weighted by Gasteiger charge is -2.16. The van der Waals surface area contributed by atoms with Crippen LogP contribution in [0.3, 0.4) is 0 Å². The van der Waals surface area contributed by atoms with Crippen LogP contribution in [0.25, 0.3) is 0 Å². The van der Waals surface area contributed by atoms with Gasteiger partial charge in [0.25, 0.3) is 0 Å². The predicted octanol–water partition coefficient (Wildman–Crippen LogP) is 4.12. The average molecular weight is 411 g/mol. The van der Waals surface area contributed by atoms with Gasteiger partial charge < -0.3 is 20.1 Å². The van der Waals surface area contributed by atoms with E-state index in [1.807, 2.05) is 24.3 Å². The van der Waals surface area contributed by atoms with Crippen molar-refractivity contribution in [1.29, 1.82) is 0 Å². The van der Waals surface area contributed by atoms with Crippen LogP contribution in [0.1, 0.15) is 62.5 Å². The van der Waals surface area contributed by atoms with Crippen LogP contribution in [-0.4, -0.2) is 28.2 Å². The highest BCUT2D eigenvalue weighted by atomic mass is 16.5. The molecular weight excluding hydrogens is 380 g/mol. The molecule has 0 spiro atoms. The molecule has 0 aliphatic heterocycles. The van der Waals surface area contributed by atoms with Crippen molar-refractivity contribution in [3.05, 3.63) is 47.8 Å². The highest BCUT2D eigenvalue weighted by Crippen LogP contribution is 2.26. The summed E-state index contributed by atoms with van der Waals surface area (Å²) in [6.07, 6.45) is 13.0. The number of nitrogens with zero attached hydrogens (tertiary/aromatic N) is 2. The van der Waals surface area contributed by atoms with Crippen molar-refractivity contribution in [2.24, 2.45) is 0 Å². The summed E-state index contributed by atoms with van der Waals surface area (Å²) in [5, 5.41) is 5.79. The molecule has 0 saturated heterocycles. The van der Waals surface area contributed by atoms with Crippen LogP contribution >= 0.6 is 0 Å². The number of urea groups is 1. The molecule has 0 bridgehead atoms. The third-order valence-corrected chi connectivity index (χ3v) is 5.74. The maximum absolute atomic E-state index is 12.4. The fraction of sp³-hybridized carbons (Fsp3) is 0.522. The van der Waals surface area contributed by atoms with Crippen LogP contribution < -0.4 is 20.1 Å². The Kier molecular flexibility index (Phi) is 7.00. The molecule has 160 valence electrons. The van der Waals surface area contributed by atoms with Crippen LogP contribution in [0.2, 0.25) is 0 Å². The van der Waals surface area contributed by atoms with E-state index in [-0.39, 0.29) is 18.2 Å². The van der Waals surface area contributed by atoms with E-state index in [1.165, 1.54) is 25.7 Å². The number of carbonyl (C=O) groups excluding carboxylic acids is 1. The summed E-state index contributed by atoms with van der Waals surface area (Å²) in [5.41, 5.74) is 1.76. The molecule has 2 amide bonds. The maximum atomic E-state index is 12.4. The third-order valence-electron chi connectivity index (χ3n) is 5.74. The first-order chi connectivity index (χ1) is 14.8. The van der Waals surface area contributed by atoms with Gasteiger partial charge >= 0.3 is 6.03 Å². The summed E-state index contributed by atoms with van der Waals surface area (Å²) < 4.78 is 12.1. The normalized spacial score (nSPS) is 17.1. The molecule has 2 saturated carbocycles. The van der Waals surface area contributed by atoms with Crippen molar-refractivity contribution < 1.29 is 14.3 Å². The number of hydrogen-bond donors (Lipinski definition) is 2. The molecule has 0 atom stereocenters. The molecule has 2 heterocycles. The number of carbonyl (C=O) groups is 1. The van der Waals surface area contributed by atoms with E-state index in [4.69, 9.17) is 9.47 Å². The average Bonchev–Trinajstić information content (AvgIpc) is 3.47. The molecule has 30 heavy (non-hydrogen) atoms. The Labute approximate surface area is 177 Å². The van der Waals surface area contributed by atoms with E-state index in [9.17, 15) is 4.79 Å². The Balaban J connectivity index is 1.28. The Hall–Kier alpha value is -2.83. The van der Waals surface area contributed by atoms with Crippen molar-refractivity contribution in [3.8, 4) is 11.8 Å². The van der Waals surface area contributed by atoms with Gasteiger partial charge in [-0.2, -0.15) is 0 Å². The molecule has 7 heteroatoms. The lowest BCUT2D eigenvalue weighted by molar-refractivity contribution is 0.198. The van der Waals surface area contributed by atoms with Gasteiger partial charge in [-0.1, -0.05) is 12.1 Å². The molecular formula is C23H30N4O3. The number of ether oxygens (including phenoxy) is 2. The van der Waals surface area contributed by atoms with Crippen molar-refractivity contribution in [1.82, 2.24) is 20.6 Å². The largest absolute Gasteiger partial charge is 0.474 e. The zero-order valence-electron chi connectivity index (χ0n) is 17.3. The van der Waals surface area contributed by atoms with Crippen molar-refractivity contribution in [2.75, 3.05) is 0 Å². The van der Waals surface area contributed by atoms with Gasteiger partial charge in [0.2, 0.25) is 11.8 Å². The molecule has 2 N–H and O–H groups in total. The number of rotatable bonds is 8. The lowest BCUT2D eigenvalue weighted by atomic mass is 10.2. The van der Waals surface area contributed by atoms with Gasteiger partial charge in [-0.05, 0) is 63.5 Å². The highest BCUT2D eigenvalue weighted by molar-refractivity contribution is 5.73. The SMILES string of the molecule is O=C(NCc1cccnc1OC1CCCC1)NCc1cccnc1OC1CCCC1. The van der Waals surface area contributed by atoms with E-state index in [0.29, 0.717) is 24.8 Å². The summed E-state index contributed by atoms with van der Waals surface area (Å²) in [6, 6.07) is 7.34. The van der Waals surface area contributed by atoms with Crippen LogP contribution in [0.15, 0.2) is 36.7 Å². The second kappa shape index (κ2) is 10.3. The molecule has 2 fully saturated rings. The zero-order valence-corrected chi connectivity index (χ0v) is 17.3. The molecule has 2 aliphatic rings. The summed E-state index contributed by atoms with van der Waals surface area (Å²) in [5.74, 6) is 1.23. The fourth-order valence-electron chi connectivity index (χ4n) is 4.07. The Morgan fingerprint density at radius 1 is 0.800 bits per heavy atom. The van der Waals surface area contributed by atoms with E-state index in [0.717, 1.165) is 36.8 Å². The molecule has 2 aromatic heterocycles. The molecule has 7 nitrogen and oxygen atoms in total. The minimum Gasteiger partial charge on any atom is -0.474 e. The lowest BCUT2D eigenvalue weighted by Crippen LogP contribution is -2.35. The summed E-state index contributed by atoms with van der Waals surface area (Å²) in [7, 11) is 0. The Morgan fingerprint density at radius 2 is 1.23 bits per heavy atom. The van der Waals surface area contributed by atoms with Gasteiger partial charge in [0.15, 0.2) is 0 Å². The second-order valence-electron chi connectivity index (χ2n) is 8.02.